The number of pyridine rings is 1. The molecular formula is C22H20F7NO4. The van der Waals surface area contributed by atoms with Crippen LogP contribution in [0.25, 0.3) is 21.7 Å². The number of aryl methyl sites for hydroxylation is 1. The highest BCUT2D eigenvalue weighted by atomic mass is 19.4. The van der Waals surface area contributed by atoms with Crippen molar-refractivity contribution in [2.24, 2.45) is 0 Å². The van der Waals surface area contributed by atoms with Gasteiger partial charge in [-0.05, 0) is 30.7 Å². The maximum atomic E-state index is 14.5. The number of rotatable bonds is 7. The Bertz CT molecular complexity index is 1250. The molecule has 0 unspecified atom stereocenters. The third kappa shape index (κ3) is 4.20. The SMILES string of the molecule is CCCCn1c(=O)c2cc(F)c(OCCO)cc2c2cc(C(O)(C(F)(F)F)C(F)(F)F)ccc21. The van der Waals surface area contributed by atoms with E-state index in [0.717, 1.165) is 22.8 Å². The van der Waals surface area contributed by atoms with Crippen molar-refractivity contribution in [3.05, 3.63) is 52.1 Å². The summed E-state index contributed by atoms with van der Waals surface area (Å²) in [5.41, 5.74) is -7.38. The summed E-state index contributed by atoms with van der Waals surface area (Å²) in [4.78, 5) is 13.0. The zero-order valence-electron chi connectivity index (χ0n) is 17.7. The van der Waals surface area contributed by atoms with Crippen LogP contribution >= 0.6 is 0 Å². The van der Waals surface area contributed by atoms with Crippen LogP contribution < -0.4 is 10.3 Å². The van der Waals surface area contributed by atoms with Crippen LogP contribution in [-0.2, 0) is 12.1 Å². The molecule has 0 aliphatic carbocycles. The number of hydrogen-bond donors (Lipinski definition) is 2. The molecule has 0 saturated heterocycles. The first-order valence-corrected chi connectivity index (χ1v) is 10.2. The van der Waals surface area contributed by atoms with Crippen molar-refractivity contribution < 1.29 is 45.7 Å². The lowest BCUT2D eigenvalue weighted by Gasteiger charge is -2.33. The number of alkyl halides is 6. The van der Waals surface area contributed by atoms with Crippen LogP contribution in [0.4, 0.5) is 30.7 Å². The number of unbranched alkanes of at least 4 members (excludes halogenated alkanes) is 1. The van der Waals surface area contributed by atoms with E-state index in [-0.39, 0.29) is 34.8 Å². The minimum atomic E-state index is -6.10. The van der Waals surface area contributed by atoms with Crippen molar-refractivity contribution >= 4 is 21.7 Å². The first-order valence-electron chi connectivity index (χ1n) is 10.2. The predicted octanol–water partition coefficient (Wildman–Crippen LogP) is 4.78. The molecular weight excluding hydrogens is 475 g/mol. The van der Waals surface area contributed by atoms with E-state index < -0.39 is 47.2 Å². The van der Waals surface area contributed by atoms with E-state index in [0.29, 0.717) is 25.0 Å². The van der Waals surface area contributed by atoms with E-state index in [1.54, 1.807) is 0 Å². The van der Waals surface area contributed by atoms with Crippen molar-refractivity contribution in [2.75, 3.05) is 13.2 Å². The number of aliphatic hydroxyl groups excluding tert-OH is 1. The number of aliphatic hydroxyl groups is 2. The summed E-state index contributed by atoms with van der Waals surface area (Å²) in [6.45, 7) is 1.05. The Kier molecular flexibility index (Phi) is 6.87. The van der Waals surface area contributed by atoms with Gasteiger partial charge in [0.05, 0.1) is 17.5 Å². The molecule has 12 heteroatoms. The molecule has 5 nitrogen and oxygen atoms in total. The van der Waals surface area contributed by atoms with Gasteiger partial charge in [0, 0.05) is 22.9 Å². The Morgan fingerprint density at radius 1 is 0.971 bits per heavy atom. The van der Waals surface area contributed by atoms with E-state index in [9.17, 15) is 40.6 Å². The van der Waals surface area contributed by atoms with Gasteiger partial charge < -0.3 is 19.5 Å². The Hall–Kier alpha value is -2.86. The van der Waals surface area contributed by atoms with Gasteiger partial charge in [0.1, 0.15) is 6.61 Å². The van der Waals surface area contributed by atoms with Gasteiger partial charge in [0.25, 0.3) is 11.2 Å². The first-order chi connectivity index (χ1) is 15.8. The molecule has 0 bridgehead atoms. The molecule has 0 fully saturated rings. The molecule has 1 aromatic heterocycles. The highest BCUT2D eigenvalue weighted by molar-refractivity contribution is 6.06. The van der Waals surface area contributed by atoms with Gasteiger partial charge in [-0.25, -0.2) is 4.39 Å². The van der Waals surface area contributed by atoms with Crippen LogP contribution in [0.5, 0.6) is 5.75 Å². The van der Waals surface area contributed by atoms with Crippen LogP contribution in [0.3, 0.4) is 0 Å². The smallest absolute Gasteiger partial charge is 0.430 e. The molecule has 3 aromatic rings. The zero-order chi connectivity index (χ0) is 25.5. The van der Waals surface area contributed by atoms with Crippen LogP contribution in [-0.4, -0.2) is 40.3 Å². The average molecular weight is 495 g/mol. The standard InChI is InChI=1S/C22H20F7NO4/c1-2-3-6-30-17-5-4-12(20(33,21(24,25)26)22(27,28)29)9-14(17)13-11-18(34-8-7-31)16(23)10-15(13)19(30)32/h4-5,9-11,31,33H,2-3,6-8H2,1H3. The zero-order valence-corrected chi connectivity index (χ0v) is 17.7. The second-order valence-corrected chi connectivity index (χ2v) is 7.65. The molecule has 2 N–H and O–H groups in total. The fourth-order valence-corrected chi connectivity index (χ4v) is 3.71. The predicted molar refractivity (Wildman–Crippen MR) is 109 cm³/mol. The lowest BCUT2D eigenvalue weighted by atomic mass is 9.90. The Morgan fingerprint density at radius 2 is 1.62 bits per heavy atom. The number of hydrogen-bond acceptors (Lipinski definition) is 4. The molecule has 3 rings (SSSR count). The summed E-state index contributed by atoms with van der Waals surface area (Å²) in [5.74, 6) is -1.46. The third-order valence-corrected chi connectivity index (χ3v) is 5.45. The maximum absolute atomic E-state index is 14.5. The van der Waals surface area contributed by atoms with Gasteiger partial charge in [-0.1, -0.05) is 19.4 Å². The van der Waals surface area contributed by atoms with E-state index in [4.69, 9.17) is 9.84 Å². The summed E-state index contributed by atoms with van der Waals surface area (Å²) >= 11 is 0. The summed E-state index contributed by atoms with van der Waals surface area (Å²) in [6, 6.07) is 3.59. The van der Waals surface area contributed by atoms with Crippen molar-refractivity contribution in [3.63, 3.8) is 0 Å². The van der Waals surface area contributed by atoms with E-state index in [1.807, 2.05) is 6.92 Å². The highest BCUT2D eigenvalue weighted by Crippen LogP contribution is 2.50. The van der Waals surface area contributed by atoms with Crippen LogP contribution in [0.2, 0.25) is 0 Å². The van der Waals surface area contributed by atoms with Crippen molar-refractivity contribution in [1.29, 1.82) is 0 Å². The van der Waals surface area contributed by atoms with Gasteiger partial charge >= 0.3 is 12.4 Å². The quantitative estimate of drug-likeness (QED) is 0.366. The first kappa shape index (κ1) is 25.8. The van der Waals surface area contributed by atoms with Gasteiger partial charge in [-0.15, -0.1) is 0 Å². The molecule has 0 radical (unpaired) electrons. The Balaban J connectivity index is 2.46. The monoisotopic (exact) mass is 495 g/mol. The van der Waals surface area contributed by atoms with Gasteiger partial charge in [-0.3, -0.25) is 4.79 Å². The lowest BCUT2D eigenvalue weighted by molar-refractivity contribution is -0.376. The highest BCUT2D eigenvalue weighted by Gasteiger charge is 2.71. The largest absolute Gasteiger partial charge is 0.488 e. The van der Waals surface area contributed by atoms with E-state index in [1.165, 1.54) is 0 Å². The van der Waals surface area contributed by atoms with Gasteiger partial charge in [-0.2, -0.15) is 26.3 Å². The Labute approximate surface area is 188 Å². The third-order valence-electron chi connectivity index (χ3n) is 5.45. The number of nitrogens with zero attached hydrogens (tertiary/aromatic N) is 1. The van der Waals surface area contributed by atoms with Crippen LogP contribution in [0, 0.1) is 5.82 Å². The number of halogens is 7. The molecule has 34 heavy (non-hydrogen) atoms. The number of benzene rings is 2. The molecule has 0 amide bonds. The minimum Gasteiger partial charge on any atom is -0.488 e. The number of fused-ring (bicyclic) bond motifs is 3. The molecule has 0 aliphatic rings. The van der Waals surface area contributed by atoms with Gasteiger partial charge in [0.2, 0.25) is 0 Å². The molecule has 186 valence electrons. The number of aromatic nitrogens is 1. The Morgan fingerprint density at radius 3 is 2.18 bits per heavy atom. The summed E-state index contributed by atoms with van der Waals surface area (Å²) in [7, 11) is 0. The fourth-order valence-electron chi connectivity index (χ4n) is 3.71. The fraction of sp³-hybridized carbons (Fsp3) is 0.409. The normalized spacial score (nSPS) is 13.1. The molecule has 0 atom stereocenters. The van der Waals surface area contributed by atoms with Crippen molar-refractivity contribution in [3.8, 4) is 5.75 Å². The molecule has 1 heterocycles. The maximum Gasteiger partial charge on any atom is 0.430 e. The van der Waals surface area contributed by atoms with Crippen LogP contribution in [0.15, 0.2) is 35.1 Å². The van der Waals surface area contributed by atoms with E-state index in [2.05, 4.69) is 0 Å². The van der Waals surface area contributed by atoms with Gasteiger partial charge in [0.15, 0.2) is 11.6 Å². The topological polar surface area (TPSA) is 71.7 Å². The van der Waals surface area contributed by atoms with Crippen molar-refractivity contribution in [1.82, 2.24) is 4.57 Å². The average Bonchev–Trinajstić information content (AvgIpc) is 2.75. The summed E-state index contributed by atoms with van der Waals surface area (Å²) in [5, 5.41) is 18.0. The summed E-state index contributed by atoms with van der Waals surface area (Å²) in [6.07, 6.45) is -11.1. The van der Waals surface area contributed by atoms with Crippen molar-refractivity contribution in [2.45, 2.75) is 44.3 Å². The molecule has 2 aromatic carbocycles. The lowest BCUT2D eigenvalue weighted by Crippen LogP contribution is -2.53. The van der Waals surface area contributed by atoms with E-state index >= 15 is 0 Å². The molecule has 0 aliphatic heterocycles. The number of ether oxygens (including phenoxy) is 1. The summed E-state index contributed by atoms with van der Waals surface area (Å²) < 4.78 is 101. The molecule has 0 spiro atoms. The minimum absolute atomic E-state index is 0.00103. The van der Waals surface area contributed by atoms with Crippen LogP contribution in [0.1, 0.15) is 25.3 Å². The molecule has 0 saturated carbocycles. The second kappa shape index (κ2) is 9.06. The second-order valence-electron chi connectivity index (χ2n) is 7.65.